The number of nitro groups is 1. The predicted molar refractivity (Wildman–Crippen MR) is 72.1 cm³/mol. The van der Waals surface area contributed by atoms with Gasteiger partial charge in [-0.05, 0) is 18.6 Å². The third-order valence-electron chi connectivity index (χ3n) is 2.42. The molecule has 0 aliphatic heterocycles. The second-order valence-electron chi connectivity index (χ2n) is 3.77. The van der Waals surface area contributed by atoms with Gasteiger partial charge in [0, 0.05) is 18.3 Å². The Bertz CT molecular complexity index is 599. The van der Waals surface area contributed by atoms with Gasteiger partial charge in [0.25, 0.3) is 5.69 Å². The summed E-state index contributed by atoms with van der Waals surface area (Å²) in [5, 5.41) is 11.2. The van der Waals surface area contributed by atoms with E-state index in [0.29, 0.717) is 17.5 Å². The highest BCUT2D eigenvalue weighted by atomic mass is 32.1. The van der Waals surface area contributed by atoms with E-state index in [1.54, 1.807) is 19.2 Å². The summed E-state index contributed by atoms with van der Waals surface area (Å²) in [5.74, 6) is 5.85. The first-order valence-electron chi connectivity index (χ1n) is 5.39. The van der Waals surface area contributed by atoms with Gasteiger partial charge in [0.2, 0.25) is 0 Å². The summed E-state index contributed by atoms with van der Waals surface area (Å²) in [6.45, 7) is 2.11. The predicted octanol–water partition coefficient (Wildman–Crippen LogP) is 2.22. The number of nitrogen functional groups attached to an aromatic ring is 1. The molecule has 19 heavy (non-hydrogen) atoms. The van der Waals surface area contributed by atoms with Gasteiger partial charge in [0.15, 0.2) is 5.13 Å². The number of hydrogen-bond acceptors (Lipinski definition) is 7. The first-order valence-corrected chi connectivity index (χ1v) is 6.21. The minimum Gasteiger partial charge on any atom is -0.488 e. The van der Waals surface area contributed by atoms with E-state index in [1.807, 2.05) is 0 Å². The fraction of sp³-hybridized carbons (Fsp3) is 0.182. The number of nitrogens with zero attached hydrogens (tertiary/aromatic N) is 2. The Labute approximate surface area is 113 Å². The van der Waals surface area contributed by atoms with E-state index in [-0.39, 0.29) is 5.69 Å². The van der Waals surface area contributed by atoms with Crippen LogP contribution in [0.5, 0.6) is 5.75 Å². The van der Waals surface area contributed by atoms with Crippen LogP contribution in [-0.4, -0.2) is 9.91 Å². The maximum absolute atomic E-state index is 10.6. The topological polar surface area (TPSA) is 103 Å². The van der Waals surface area contributed by atoms with Crippen molar-refractivity contribution in [1.29, 1.82) is 0 Å². The number of nitrogens with one attached hydrogen (secondary N) is 1. The van der Waals surface area contributed by atoms with Crippen LogP contribution in [0, 0.1) is 17.0 Å². The van der Waals surface area contributed by atoms with E-state index >= 15 is 0 Å². The lowest BCUT2D eigenvalue weighted by molar-refractivity contribution is -0.384. The van der Waals surface area contributed by atoms with Crippen molar-refractivity contribution in [2.75, 3.05) is 5.43 Å². The Kier molecular flexibility index (Phi) is 3.93. The molecule has 3 N–H and O–H groups in total. The van der Waals surface area contributed by atoms with Gasteiger partial charge in [-0.2, -0.15) is 0 Å². The number of thiazole rings is 1. The molecule has 0 saturated heterocycles. The number of nitrogens with two attached hydrogens (primary N) is 1. The maximum Gasteiger partial charge on any atom is 0.269 e. The second-order valence-corrected chi connectivity index (χ2v) is 4.89. The minimum absolute atomic E-state index is 0.0530. The van der Waals surface area contributed by atoms with Gasteiger partial charge in [-0.15, -0.1) is 0 Å². The Morgan fingerprint density at radius 3 is 2.95 bits per heavy atom. The Balaban J connectivity index is 2.05. The summed E-state index contributed by atoms with van der Waals surface area (Å²) in [6.07, 6.45) is 1.67. The number of hydrogen-bond donors (Lipinski definition) is 2. The van der Waals surface area contributed by atoms with Gasteiger partial charge in [0.05, 0.1) is 9.80 Å². The van der Waals surface area contributed by atoms with Gasteiger partial charge in [0.1, 0.15) is 12.4 Å². The van der Waals surface area contributed by atoms with E-state index in [4.69, 9.17) is 10.6 Å². The van der Waals surface area contributed by atoms with Crippen molar-refractivity contribution in [1.82, 2.24) is 4.98 Å². The molecule has 0 spiro atoms. The average Bonchev–Trinajstić information content (AvgIpc) is 2.85. The third kappa shape index (κ3) is 3.18. The van der Waals surface area contributed by atoms with Crippen molar-refractivity contribution >= 4 is 22.2 Å². The molecule has 0 atom stereocenters. The molecule has 2 rings (SSSR count). The fourth-order valence-corrected chi connectivity index (χ4v) is 2.13. The van der Waals surface area contributed by atoms with E-state index in [9.17, 15) is 10.1 Å². The molecule has 0 bridgehead atoms. The van der Waals surface area contributed by atoms with Crippen LogP contribution in [0.3, 0.4) is 0 Å². The number of nitro benzene ring substituents is 1. The largest absolute Gasteiger partial charge is 0.488 e. The molecular weight excluding hydrogens is 268 g/mol. The summed E-state index contributed by atoms with van der Waals surface area (Å²) in [6, 6.07) is 4.49. The molecule has 1 heterocycles. The maximum atomic E-state index is 10.6. The normalized spacial score (nSPS) is 10.2. The van der Waals surface area contributed by atoms with Crippen LogP contribution in [-0.2, 0) is 6.61 Å². The average molecular weight is 280 g/mol. The zero-order valence-corrected chi connectivity index (χ0v) is 10.9. The molecule has 100 valence electrons. The summed E-state index contributed by atoms with van der Waals surface area (Å²) in [5.41, 5.74) is 3.23. The number of ether oxygens (including phenoxy) is 1. The van der Waals surface area contributed by atoms with Crippen molar-refractivity contribution in [2.24, 2.45) is 5.84 Å². The number of benzene rings is 1. The molecule has 8 heteroatoms. The van der Waals surface area contributed by atoms with Crippen LogP contribution in [0.25, 0.3) is 0 Å². The minimum atomic E-state index is -0.431. The molecular formula is C11H12N4O3S. The first-order chi connectivity index (χ1) is 9.10. The lowest BCUT2D eigenvalue weighted by Crippen LogP contribution is -2.05. The van der Waals surface area contributed by atoms with Crippen LogP contribution in [0.15, 0.2) is 24.4 Å². The zero-order valence-electron chi connectivity index (χ0n) is 10.1. The number of non-ortho nitro benzene ring substituents is 1. The quantitative estimate of drug-likeness (QED) is 0.494. The van der Waals surface area contributed by atoms with Crippen LogP contribution in [0.1, 0.15) is 10.4 Å². The van der Waals surface area contributed by atoms with E-state index in [0.717, 1.165) is 10.4 Å². The van der Waals surface area contributed by atoms with Gasteiger partial charge in [-0.3, -0.25) is 15.5 Å². The van der Waals surface area contributed by atoms with E-state index in [1.165, 1.54) is 23.5 Å². The number of anilines is 1. The first kappa shape index (κ1) is 13.2. The summed E-state index contributed by atoms with van der Waals surface area (Å²) in [7, 11) is 0. The number of aryl methyl sites for hydroxylation is 1. The number of rotatable bonds is 5. The molecule has 1 aromatic heterocycles. The number of hydrazine groups is 1. The van der Waals surface area contributed by atoms with Crippen molar-refractivity contribution in [2.45, 2.75) is 13.5 Å². The molecule has 0 unspecified atom stereocenters. The van der Waals surface area contributed by atoms with Crippen LogP contribution in [0.2, 0.25) is 0 Å². The fourth-order valence-electron chi connectivity index (χ4n) is 1.50. The Hall–Kier alpha value is -2.19. The van der Waals surface area contributed by atoms with Crippen molar-refractivity contribution in [3.63, 3.8) is 0 Å². The van der Waals surface area contributed by atoms with Crippen molar-refractivity contribution in [3.05, 3.63) is 45.0 Å². The number of aromatic nitrogens is 1. The highest BCUT2D eigenvalue weighted by molar-refractivity contribution is 7.15. The van der Waals surface area contributed by atoms with Crippen LogP contribution in [0.4, 0.5) is 10.8 Å². The van der Waals surface area contributed by atoms with Gasteiger partial charge in [-0.25, -0.2) is 10.8 Å². The highest BCUT2D eigenvalue weighted by Crippen LogP contribution is 2.25. The van der Waals surface area contributed by atoms with Gasteiger partial charge < -0.3 is 4.74 Å². The molecule has 0 saturated carbocycles. The van der Waals surface area contributed by atoms with Crippen molar-refractivity contribution in [3.8, 4) is 5.75 Å². The molecule has 0 fully saturated rings. The van der Waals surface area contributed by atoms with E-state index < -0.39 is 4.92 Å². The highest BCUT2D eigenvalue weighted by Gasteiger charge is 2.09. The molecule has 0 radical (unpaired) electrons. The lowest BCUT2D eigenvalue weighted by Gasteiger charge is -2.07. The smallest absolute Gasteiger partial charge is 0.269 e. The summed E-state index contributed by atoms with van der Waals surface area (Å²) in [4.78, 5) is 15.1. The Morgan fingerprint density at radius 2 is 2.37 bits per heavy atom. The third-order valence-corrected chi connectivity index (χ3v) is 3.32. The zero-order chi connectivity index (χ0) is 13.8. The van der Waals surface area contributed by atoms with E-state index in [2.05, 4.69) is 10.4 Å². The second kappa shape index (κ2) is 5.63. The standard InChI is InChI=1S/C11H12N4O3S/c1-7-4-8(15(16)17)2-3-10(7)18-6-9-5-13-11(14-12)19-9/h2-5H,6,12H2,1H3,(H,13,14). The molecule has 0 aliphatic carbocycles. The lowest BCUT2D eigenvalue weighted by atomic mass is 10.2. The van der Waals surface area contributed by atoms with Gasteiger partial charge >= 0.3 is 0 Å². The molecule has 1 aromatic carbocycles. The summed E-state index contributed by atoms with van der Waals surface area (Å²) < 4.78 is 5.59. The summed E-state index contributed by atoms with van der Waals surface area (Å²) >= 11 is 1.39. The van der Waals surface area contributed by atoms with Crippen molar-refractivity contribution < 1.29 is 9.66 Å². The molecule has 0 aliphatic rings. The molecule has 7 nitrogen and oxygen atoms in total. The Morgan fingerprint density at radius 1 is 1.58 bits per heavy atom. The molecule has 2 aromatic rings. The van der Waals surface area contributed by atoms with Gasteiger partial charge in [-0.1, -0.05) is 11.3 Å². The monoisotopic (exact) mass is 280 g/mol. The van der Waals surface area contributed by atoms with Crippen LogP contribution < -0.4 is 16.0 Å². The SMILES string of the molecule is Cc1cc([N+](=O)[O-])ccc1OCc1cnc(NN)s1. The molecule has 0 amide bonds. The van der Waals surface area contributed by atoms with Crippen LogP contribution >= 0.6 is 11.3 Å².